The van der Waals surface area contributed by atoms with E-state index in [1.807, 2.05) is 30.0 Å². The monoisotopic (exact) mass is 357 g/mol. The molecule has 5 heteroatoms. The highest BCUT2D eigenvalue weighted by atomic mass is 79.9. The minimum Gasteiger partial charge on any atom is -0.465 e. The number of thioether (sulfide) groups is 1. The van der Waals surface area contributed by atoms with Crippen LogP contribution in [0.5, 0.6) is 0 Å². The Bertz CT molecular complexity index is 495. The van der Waals surface area contributed by atoms with E-state index in [1.165, 1.54) is 18.4 Å². The largest absolute Gasteiger partial charge is 0.465 e. The van der Waals surface area contributed by atoms with Gasteiger partial charge in [-0.05, 0) is 24.6 Å². The number of carbonyl (C=O) groups excluding carboxylic acids is 1. The average molecular weight is 358 g/mol. The van der Waals surface area contributed by atoms with Crippen LogP contribution in [0.2, 0.25) is 0 Å². The third-order valence-corrected chi connectivity index (χ3v) is 5.94. The zero-order chi connectivity index (χ0) is 14.7. The molecule has 1 aliphatic rings. The molecule has 3 nitrogen and oxygen atoms in total. The molecule has 20 heavy (non-hydrogen) atoms. The number of nitrogens with zero attached hydrogens (tertiary/aromatic N) is 1. The summed E-state index contributed by atoms with van der Waals surface area (Å²) < 4.78 is 5.71. The molecule has 1 heterocycles. The number of carbonyl (C=O) groups is 1. The van der Waals surface area contributed by atoms with Crippen molar-refractivity contribution in [3.05, 3.63) is 33.8 Å². The van der Waals surface area contributed by atoms with Crippen LogP contribution in [0.3, 0.4) is 0 Å². The van der Waals surface area contributed by atoms with Gasteiger partial charge >= 0.3 is 5.97 Å². The number of ether oxygens (including phenoxy) is 1. The van der Waals surface area contributed by atoms with Gasteiger partial charge < -0.3 is 4.74 Å². The van der Waals surface area contributed by atoms with Gasteiger partial charge in [0.05, 0.1) is 12.7 Å². The molecule has 0 radical (unpaired) electrons. The fourth-order valence-corrected chi connectivity index (χ4v) is 4.02. The lowest BCUT2D eigenvalue weighted by atomic mass is 10.1. The molecular weight excluding hydrogens is 338 g/mol. The molecule has 0 aromatic heterocycles. The van der Waals surface area contributed by atoms with Crippen molar-refractivity contribution in [3.8, 4) is 0 Å². The highest BCUT2D eigenvalue weighted by Gasteiger charge is 2.25. The first kappa shape index (κ1) is 15.9. The number of methoxy groups -OCH3 is 1. The van der Waals surface area contributed by atoms with Crippen molar-refractivity contribution >= 4 is 33.7 Å². The Hall–Kier alpha value is -0.520. The Labute approximate surface area is 133 Å². The lowest BCUT2D eigenvalue weighted by molar-refractivity contribution is 0.0600. The van der Waals surface area contributed by atoms with E-state index >= 15 is 0 Å². The molecule has 2 rings (SSSR count). The maximum atomic E-state index is 11.5. The number of esters is 1. The van der Waals surface area contributed by atoms with Crippen LogP contribution < -0.4 is 0 Å². The van der Waals surface area contributed by atoms with Gasteiger partial charge in [0.1, 0.15) is 0 Å². The summed E-state index contributed by atoms with van der Waals surface area (Å²) in [4.78, 5) is 14.0. The lowest BCUT2D eigenvalue weighted by Crippen LogP contribution is -2.44. The van der Waals surface area contributed by atoms with E-state index in [-0.39, 0.29) is 5.97 Å². The van der Waals surface area contributed by atoms with Crippen LogP contribution in [0.4, 0.5) is 0 Å². The van der Waals surface area contributed by atoms with Gasteiger partial charge in [-0.3, -0.25) is 4.90 Å². The van der Waals surface area contributed by atoms with Gasteiger partial charge in [-0.15, -0.1) is 0 Å². The average Bonchev–Trinajstić information content (AvgIpc) is 2.45. The van der Waals surface area contributed by atoms with Crippen molar-refractivity contribution in [1.82, 2.24) is 4.90 Å². The zero-order valence-electron chi connectivity index (χ0n) is 12.1. The lowest BCUT2D eigenvalue weighted by Gasteiger charge is -2.37. The highest BCUT2D eigenvalue weighted by Crippen LogP contribution is 2.28. The van der Waals surface area contributed by atoms with E-state index in [9.17, 15) is 4.79 Å². The minimum atomic E-state index is -0.298. The van der Waals surface area contributed by atoms with Crippen molar-refractivity contribution < 1.29 is 9.53 Å². The van der Waals surface area contributed by atoms with E-state index in [0.29, 0.717) is 16.9 Å². The number of hydrogen-bond acceptors (Lipinski definition) is 4. The summed E-state index contributed by atoms with van der Waals surface area (Å²) in [5.41, 5.74) is 1.79. The fraction of sp³-hybridized carbons (Fsp3) is 0.533. The van der Waals surface area contributed by atoms with Crippen molar-refractivity contribution in [3.63, 3.8) is 0 Å². The molecule has 1 aliphatic heterocycles. The summed E-state index contributed by atoms with van der Waals surface area (Å²) in [5.74, 6) is 0.886. The fourth-order valence-electron chi connectivity index (χ4n) is 2.36. The molecule has 0 saturated carbocycles. The van der Waals surface area contributed by atoms with Crippen LogP contribution in [0.25, 0.3) is 0 Å². The molecule has 1 fully saturated rings. The standard InChI is InChI=1S/C15H20BrNO2S/c1-10-11(2)20-7-6-17(10)9-13-5-4-12(8-14(13)16)15(18)19-3/h4-5,8,10-11H,6-7,9H2,1-3H3. The van der Waals surface area contributed by atoms with Gasteiger partial charge in [-0.1, -0.05) is 28.9 Å². The van der Waals surface area contributed by atoms with Gasteiger partial charge in [0, 0.05) is 34.6 Å². The number of benzene rings is 1. The molecule has 0 bridgehead atoms. The molecule has 2 unspecified atom stereocenters. The molecule has 0 spiro atoms. The third-order valence-electron chi connectivity index (χ3n) is 3.86. The van der Waals surface area contributed by atoms with Crippen LogP contribution >= 0.6 is 27.7 Å². The molecule has 0 N–H and O–H groups in total. The SMILES string of the molecule is COC(=O)c1ccc(CN2CCSC(C)C2C)c(Br)c1. The van der Waals surface area contributed by atoms with E-state index in [1.54, 1.807) is 0 Å². The Morgan fingerprint density at radius 1 is 1.50 bits per heavy atom. The van der Waals surface area contributed by atoms with Crippen molar-refractivity contribution in [2.75, 3.05) is 19.4 Å². The molecule has 1 aromatic rings. The molecular formula is C15H20BrNO2S. The summed E-state index contributed by atoms with van der Waals surface area (Å²) in [6.07, 6.45) is 0. The van der Waals surface area contributed by atoms with E-state index in [0.717, 1.165) is 17.6 Å². The first-order chi connectivity index (χ1) is 9.52. The molecule has 0 amide bonds. The predicted octanol–water partition coefficient (Wildman–Crippen LogP) is 3.56. The number of halogens is 1. The molecule has 2 atom stereocenters. The number of rotatable bonds is 3. The van der Waals surface area contributed by atoms with Crippen molar-refractivity contribution in [2.24, 2.45) is 0 Å². The minimum absolute atomic E-state index is 0.298. The van der Waals surface area contributed by atoms with Gasteiger partial charge in [-0.25, -0.2) is 4.79 Å². The summed E-state index contributed by atoms with van der Waals surface area (Å²) >= 11 is 5.61. The maximum absolute atomic E-state index is 11.5. The zero-order valence-corrected chi connectivity index (χ0v) is 14.5. The number of hydrogen-bond donors (Lipinski definition) is 0. The van der Waals surface area contributed by atoms with E-state index in [2.05, 4.69) is 34.7 Å². The smallest absolute Gasteiger partial charge is 0.337 e. The van der Waals surface area contributed by atoms with Crippen LogP contribution in [-0.2, 0) is 11.3 Å². The summed E-state index contributed by atoms with van der Waals surface area (Å²) in [6.45, 7) is 6.60. The summed E-state index contributed by atoms with van der Waals surface area (Å²) in [5, 5.41) is 0.664. The first-order valence-electron chi connectivity index (χ1n) is 6.75. The highest BCUT2D eigenvalue weighted by molar-refractivity contribution is 9.10. The van der Waals surface area contributed by atoms with Crippen molar-refractivity contribution in [1.29, 1.82) is 0 Å². The van der Waals surface area contributed by atoms with E-state index < -0.39 is 0 Å². The topological polar surface area (TPSA) is 29.5 Å². The molecule has 1 aromatic carbocycles. The van der Waals surface area contributed by atoms with Gasteiger partial charge in [0.2, 0.25) is 0 Å². The molecule has 1 saturated heterocycles. The van der Waals surface area contributed by atoms with Crippen LogP contribution in [0, 0.1) is 0 Å². The Kier molecular flexibility index (Phi) is 5.52. The second-order valence-corrected chi connectivity index (χ2v) is 7.42. The second kappa shape index (κ2) is 6.96. The summed E-state index contributed by atoms with van der Waals surface area (Å²) in [7, 11) is 1.40. The van der Waals surface area contributed by atoms with Gasteiger partial charge in [0.15, 0.2) is 0 Å². The van der Waals surface area contributed by atoms with Crippen LogP contribution in [0.1, 0.15) is 29.8 Å². The van der Waals surface area contributed by atoms with Gasteiger partial charge in [0.25, 0.3) is 0 Å². The molecule has 0 aliphatic carbocycles. The maximum Gasteiger partial charge on any atom is 0.337 e. The van der Waals surface area contributed by atoms with Crippen molar-refractivity contribution in [2.45, 2.75) is 31.7 Å². The normalized spacial score (nSPS) is 23.6. The summed E-state index contributed by atoms with van der Waals surface area (Å²) in [6, 6.07) is 6.25. The predicted molar refractivity (Wildman–Crippen MR) is 87.3 cm³/mol. The van der Waals surface area contributed by atoms with Crippen LogP contribution in [-0.4, -0.2) is 41.6 Å². The van der Waals surface area contributed by atoms with E-state index in [4.69, 9.17) is 4.74 Å². The Morgan fingerprint density at radius 2 is 2.25 bits per heavy atom. The Balaban J connectivity index is 2.11. The quantitative estimate of drug-likeness (QED) is 0.773. The van der Waals surface area contributed by atoms with Gasteiger partial charge in [-0.2, -0.15) is 11.8 Å². The van der Waals surface area contributed by atoms with Crippen LogP contribution in [0.15, 0.2) is 22.7 Å². The second-order valence-electron chi connectivity index (χ2n) is 5.08. The Morgan fingerprint density at radius 3 is 2.90 bits per heavy atom. The first-order valence-corrected chi connectivity index (χ1v) is 8.59. The third kappa shape index (κ3) is 3.57. The molecule has 110 valence electrons.